The molecule has 0 aromatic rings. The maximum atomic E-state index is 11.9. The fourth-order valence-electron chi connectivity index (χ4n) is 2.20. The van der Waals surface area contributed by atoms with Gasteiger partial charge in [-0.1, -0.05) is 0 Å². The zero-order valence-electron chi connectivity index (χ0n) is 8.82. The summed E-state index contributed by atoms with van der Waals surface area (Å²) in [6.45, 7) is 4.61. The van der Waals surface area contributed by atoms with Crippen LogP contribution in [0.1, 0.15) is 13.3 Å². The molecule has 0 spiro atoms. The lowest BCUT2D eigenvalue weighted by Gasteiger charge is -2.40. The second kappa shape index (κ2) is 3.87. The number of hydrogen-bond donors (Lipinski definition) is 1. The summed E-state index contributed by atoms with van der Waals surface area (Å²) in [7, 11) is 1.70. The van der Waals surface area contributed by atoms with Gasteiger partial charge in [0.05, 0.1) is 12.0 Å². The van der Waals surface area contributed by atoms with Crippen molar-refractivity contribution in [2.75, 3.05) is 26.7 Å². The Kier molecular flexibility index (Phi) is 2.74. The van der Waals surface area contributed by atoms with Crippen molar-refractivity contribution >= 4 is 5.91 Å². The number of nitrogens with zero attached hydrogens (tertiary/aromatic N) is 1. The predicted molar refractivity (Wildman–Crippen MR) is 52.9 cm³/mol. The number of likely N-dealkylation sites (tertiary alicyclic amines) is 1. The van der Waals surface area contributed by atoms with Gasteiger partial charge < -0.3 is 15.0 Å². The third kappa shape index (κ3) is 1.64. The average molecular weight is 198 g/mol. The molecule has 2 atom stereocenters. The molecule has 0 saturated carbocycles. The third-order valence-corrected chi connectivity index (χ3v) is 3.34. The van der Waals surface area contributed by atoms with Gasteiger partial charge in [-0.05, 0) is 19.9 Å². The lowest BCUT2D eigenvalue weighted by atomic mass is 9.98. The molecule has 0 aliphatic carbocycles. The Balaban J connectivity index is 1.84. The lowest BCUT2D eigenvalue weighted by molar-refractivity contribution is -0.147. The van der Waals surface area contributed by atoms with E-state index in [9.17, 15) is 4.79 Å². The standard InChI is InChI=1S/C10H18N2O2/c1-7-9(3-4-11-7)10(13)12-5-8(6-12)14-2/h7-9,11H,3-6H2,1-2H3. The van der Waals surface area contributed by atoms with Gasteiger partial charge in [0.15, 0.2) is 0 Å². The molecule has 0 aromatic heterocycles. The van der Waals surface area contributed by atoms with Gasteiger partial charge in [-0.2, -0.15) is 0 Å². The van der Waals surface area contributed by atoms with E-state index in [1.54, 1.807) is 7.11 Å². The molecule has 2 fully saturated rings. The summed E-state index contributed by atoms with van der Waals surface area (Å²) in [5.41, 5.74) is 0. The zero-order valence-corrected chi connectivity index (χ0v) is 8.82. The van der Waals surface area contributed by atoms with E-state index in [0.29, 0.717) is 11.9 Å². The molecule has 80 valence electrons. The third-order valence-electron chi connectivity index (χ3n) is 3.34. The van der Waals surface area contributed by atoms with Crippen molar-refractivity contribution in [1.82, 2.24) is 10.2 Å². The highest BCUT2D eigenvalue weighted by Gasteiger charge is 2.38. The highest BCUT2D eigenvalue weighted by atomic mass is 16.5. The van der Waals surface area contributed by atoms with Gasteiger partial charge in [0.1, 0.15) is 0 Å². The Morgan fingerprint density at radius 3 is 2.71 bits per heavy atom. The summed E-state index contributed by atoms with van der Waals surface area (Å²) in [6.07, 6.45) is 1.25. The van der Waals surface area contributed by atoms with Crippen LogP contribution in [0.4, 0.5) is 0 Å². The van der Waals surface area contributed by atoms with Gasteiger partial charge >= 0.3 is 0 Å². The molecule has 1 amide bonds. The van der Waals surface area contributed by atoms with Crippen LogP contribution in [0, 0.1) is 5.92 Å². The van der Waals surface area contributed by atoms with Crippen molar-refractivity contribution in [1.29, 1.82) is 0 Å². The molecular weight excluding hydrogens is 180 g/mol. The second-order valence-corrected chi connectivity index (χ2v) is 4.24. The number of nitrogens with one attached hydrogen (secondary N) is 1. The van der Waals surface area contributed by atoms with Crippen LogP contribution in [0.2, 0.25) is 0 Å². The molecular formula is C10H18N2O2. The van der Waals surface area contributed by atoms with E-state index >= 15 is 0 Å². The van der Waals surface area contributed by atoms with Crippen molar-refractivity contribution in [2.24, 2.45) is 5.92 Å². The summed E-state index contributed by atoms with van der Waals surface area (Å²) in [4.78, 5) is 13.8. The minimum atomic E-state index is 0.188. The monoisotopic (exact) mass is 198 g/mol. The first kappa shape index (κ1) is 9.93. The van der Waals surface area contributed by atoms with Crippen LogP contribution in [0.3, 0.4) is 0 Å². The molecule has 1 N–H and O–H groups in total. The highest BCUT2D eigenvalue weighted by molar-refractivity contribution is 5.80. The summed E-state index contributed by atoms with van der Waals surface area (Å²) in [6, 6.07) is 0.337. The van der Waals surface area contributed by atoms with E-state index in [1.165, 1.54) is 0 Å². The number of amides is 1. The fraction of sp³-hybridized carbons (Fsp3) is 0.900. The quantitative estimate of drug-likeness (QED) is 0.670. The SMILES string of the molecule is COC1CN(C(=O)C2CCNC2C)C1. The van der Waals surface area contributed by atoms with Crippen molar-refractivity contribution in [2.45, 2.75) is 25.5 Å². The highest BCUT2D eigenvalue weighted by Crippen LogP contribution is 2.22. The van der Waals surface area contributed by atoms with E-state index < -0.39 is 0 Å². The number of carbonyl (C=O) groups is 1. The lowest BCUT2D eigenvalue weighted by Crippen LogP contribution is -2.56. The molecule has 4 nitrogen and oxygen atoms in total. The largest absolute Gasteiger partial charge is 0.378 e. The van der Waals surface area contributed by atoms with Crippen LogP contribution >= 0.6 is 0 Å². The smallest absolute Gasteiger partial charge is 0.227 e. The fourth-order valence-corrected chi connectivity index (χ4v) is 2.20. The molecule has 2 rings (SSSR count). The van der Waals surface area contributed by atoms with Gasteiger partial charge in [0.25, 0.3) is 0 Å². The molecule has 4 heteroatoms. The molecule has 2 aliphatic rings. The van der Waals surface area contributed by atoms with Crippen molar-refractivity contribution in [3.63, 3.8) is 0 Å². The Hall–Kier alpha value is -0.610. The normalized spacial score (nSPS) is 33.1. The molecule has 2 heterocycles. The second-order valence-electron chi connectivity index (χ2n) is 4.24. The molecule has 2 unspecified atom stereocenters. The summed E-state index contributed by atoms with van der Waals surface area (Å²) < 4.78 is 5.15. The molecule has 0 aromatic carbocycles. The predicted octanol–water partition coefficient (Wildman–Crippen LogP) is -0.158. The van der Waals surface area contributed by atoms with Crippen LogP contribution < -0.4 is 5.32 Å². The Labute approximate surface area is 84.6 Å². The molecule has 14 heavy (non-hydrogen) atoms. The average Bonchev–Trinajstić information content (AvgIpc) is 2.49. The van der Waals surface area contributed by atoms with Gasteiger partial charge in [-0.25, -0.2) is 0 Å². The van der Waals surface area contributed by atoms with E-state index in [-0.39, 0.29) is 12.0 Å². The van der Waals surface area contributed by atoms with E-state index in [4.69, 9.17) is 4.74 Å². The minimum absolute atomic E-state index is 0.188. The molecule has 0 bridgehead atoms. The number of hydrogen-bond acceptors (Lipinski definition) is 3. The summed E-state index contributed by atoms with van der Waals surface area (Å²) >= 11 is 0. The first-order valence-corrected chi connectivity index (χ1v) is 5.27. The zero-order chi connectivity index (χ0) is 10.1. The van der Waals surface area contributed by atoms with Gasteiger partial charge in [-0.3, -0.25) is 4.79 Å². The van der Waals surface area contributed by atoms with Gasteiger partial charge in [0, 0.05) is 26.2 Å². The Morgan fingerprint density at radius 1 is 1.50 bits per heavy atom. The molecule has 2 aliphatic heterocycles. The Bertz CT molecular complexity index is 226. The van der Waals surface area contributed by atoms with Crippen LogP contribution in [0.15, 0.2) is 0 Å². The molecule has 2 saturated heterocycles. The van der Waals surface area contributed by atoms with E-state index in [0.717, 1.165) is 26.1 Å². The maximum Gasteiger partial charge on any atom is 0.227 e. The van der Waals surface area contributed by atoms with Crippen molar-refractivity contribution in [3.8, 4) is 0 Å². The van der Waals surface area contributed by atoms with Crippen LogP contribution in [-0.4, -0.2) is 49.7 Å². The van der Waals surface area contributed by atoms with Crippen LogP contribution in [-0.2, 0) is 9.53 Å². The first-order valence-electron chi connectivity index (χ1n) is 5.27. The van der Waals surface area contributed by atoms with Gasteiger partial charge in [0.2, 0.25) is 5.91 Å². The number of ether oxygens (including phenoxy) is 1. The number of rotatable bonds is 2. The molecule has 0 radical (unpaired) electrons. The van der Waals surface area contributed by atoms with Crippen LogP contribution in [0.5, 0.6) is 0 Å². The summed E-state index contributed by atoms with van der Waals surface area (Å²) in [5.74, 6) is 0.489. The van der Waals surface area contributed by atoms with Crippen LogP contribution in [0.25, 0.3) is 0 Å². The van der Waals surface area contributed by atoms with E-state index in [2.05, 4.69) is 12.2 Å². The maximum absolute atomic E-state index is 11.9. The van der Waals surface area contributed by atoms with Gasteiger partial charge in [-0.15, -0.1) is 0 Å². The first-order chi connectivity index (χ1) is 6.72. The number of carbonyl (C=O) groups excluding carboxylic acids is 1. The van der Waals surface area contributed by atoms with Crippen molar-refractivity contribution in [3.05, 3.63) is 0 Å². The minimum Gasteiger partial charge on any atom is -0.378 e. The number of methoxy groups -OCH3 is 1. The topological polar surface area (TPSA) is 41.6 Å². The van der Waals surface area contributed by atoms with Crippen molar-refractivity contribution < 1.29 is 9.53 Å². The summed E-state index contributed by atoms with van der Waals surface area (Å²) in [5, 5.41) is 3.30. The Morgan fingerprint density at radius 2 is 2.21 bits per heavy atom. The van der Waals surface area contributed by atoms with E-state index in [1.807, 2.05) is 4.90 Å².